The predicted molar refractivity (Wildman–Crippen MR) is 114 cm³/mol. The fourth-order valence-electron chi connectivity index (χ4n) is 6.80. The maximum absolute atomic E-state index is 14.5. The number of halogens is 1. The van der Waals surface area contributed by atoms with Crippen molar-refractivity contribution in [3.8, 4) is 0 Å². The molecule has 1 aliphatic heterocycles. The molecule has 3 aliphatic rings. The van der Waals surface area contributed by atoms with E-state index in [1.54, 1.807) is 7.11 Å². The highest BCUT2D eigenvalue weighted by molar-refractivity contribution is 7.92. The molecule has 0 aromatic carbocycles. The Hall–Kier alpha value is -0.200. The number of ether oxygens (including phenoxy) is 1. The van der Waals surface area contributed by atoms with Crippen LogP contribution in [0.3, 0.4) is 0 Å². The molecule has 2 aliphatic carbocycles. The van der Waals surface area contributed by atoms with Crippen LogP contribution in [0.15, 0.2) is 0 Å². The average Bonchev–Trinajstić information content (AvgIpc) is 2.77. The Labute approximate surface area is 176 Å². The Morgan fingerprint density at radius 2 is 1.90 bits per heavy atom. The first kappa shape index (κ1) is 23.5. The van der Waals surface area contributed by atoms with Gasteiger partial charge in [0.05, 0.1) is 23.2 Å². The second kappa shape index (κ2) is 9.52. The molecule has 1 saturated heterocycles. The van der Waals surface area contributed by atoms with E-state index in [1.807, 2.05) is 6.92 Å². The van der Waals surface area contributed by atoms with Crippen LogP contribution >= 0.6 is 0 Å². The number of unbranched alkanes of at least 4 members (excludes halogenated alkanes) is 1. The molecule has 1 heterocycles. The smallest absolute Gasteiger partial charge is 0.154 e. The lowest BCUT2D eigenvalue weighted by atomic mass is 9.60. The van der Waals surface area contributed by atoms with Gasteiger partial charge in [-0.15, -0.1) is 0 Å². The van der Waals surface area contributed by atoms with E-state index in [9.17, 15) is 17.9 Å². The Balaban J connectivity index is 2.04. The van der Waals surface area contributed by atoms with Gasteiger partial charge in [0.15, 0.2) is 9.84 Å². The first-order chi connectivity index (χ1) is 13.8. The van der Waals surface area contributed by atoms with E-state index in [-0.39, 0.29) is 36.0 Å². The molecule has 0 spiro atoms. The maximum atomic E-state index is 14.5. The topological polar surface area (TPSA) is 63.6 Å². The Morgan fingerprint density at radius 1 is 1.14 bits per heavy atom. The summed E-state index contributed by atoms with van der Waals surface area (Å²) >= 11 is 0. The van der Waals surface area contributed by atoms with E-state index < -0.39 is 32.8 Å². The van der Waals surface area contributed by atoms with Crippen molar-refractivity contribution >= 4 is 9.84 Å². The van der Waals surface area contributed by atoms with Crippen molar-refractivity contribution in [2.45, 2.75) is 108 Å². The summed E-state index contributed by atoms with van der Waals surface area (Å²) in [5, 5.41) is 11.3. The zero-order valence-corrected chi connectivity index (χ0v) is 19.3. The van der Waals surface area contributed by atoms with Crippen LogP contribution in [-0.4, -0.2) is 50.0 Å². The minimum atomic E-state index is -3.38. The number of fused-ring (bicyclic) bond motifs is 1. The highest BCUT2D eigenvalue weighted by Gasteiger charge is 2.57. The fraction of sp³-hybridized carbons (Fsp3) is 1.00. The molecule has 7 unspecified atom stereocenters. The van der Waals surface area contributed by atoms with Gasteiger partial charge in [0, 0.05) is 12.5 Å². The molecule has 4 nitrogen and oxygen atoms in total. The highest BCUT2D eigenvalue weighted by atomic mass is 32.2. The van der Waals surface area contributed by atoms with E-state index in [0.717, 1.165) is 44.9 Å². The summed E-state index contributed by atoms with van der Waals surface area (Å²) in [7, 11) is -1.64. The van der Waals surface area contributed by atoms with Crippen molar-refractivity contribution < 1.29 is 22.7 Å². The monoisotopic (exact) mass is 432 g/mol. The highest BCUT2D eigenvalue weighted by Crippen LogP contribution is 2.53. The first-order valence-electron chi connectivity index (χ1n) is 11.8. The van der Waals surface area contributed by atoms with Gasteiger partial charge in [-0.25, -0.2) is 12.8 Å². The average molecular weight is 433 g/mol. The van der Waals surface area contributed by atoms with Crippen molar-refractivity contribution in [3.63, 3.8) is 0 Å². The quantitative estimate of drug-likeness (QED) is 0.661. The lowest BCUT2D eigenvalue weighted by Gasteiger charge is -2.47. The zero-order chi connectivity index (χ0) is 21.2. The molecule has 29 heavy (non-hydrogen) atoms. The van der Waals surface area contributed by atoms with Crippen molar-refractivity contribution in [1.82, 2.24) is 0 Å². The minimum Gasteiger partial charge on any atom is -0.392 e. The Morgan fingerprint density at radius 3 is 2.55 bits per heavy atom. The molecule has 3 fully saturated rings. The number of rotatable bonds is 6. The van der Waals surface area contributed by atoms with Crippen LogP contribution in [0, 0.1) is 23.2 Å². The molecule has 0 bridgehead atoms. The number of hydrogen-bond acceptors (Lipinski definition) is 4. The Kier molecular flexibility index (Phi) is 7.70. The van der Waals surface area contributed by atoms with Gasteiger partial charge < -0.3 is 9.84 Å². The minimum absolute atomic E-state index is 0.0622. The third-order valence-electron chi connectivity index (χ3n) is 8.48. The molecule has 6 heteroatoms. The predicted octanol–water partition coefficient (Wildman–Crippen LogP) is 4.69. The number of hydrogen-bond donors (Lipinski definition) is 1. The third kappa shape index (κ3) is 4.69. The SMILES string of the molecule is CCCC[C@]1(CC)CS(=O)(=O)C2CCC(F)CC2C(C2CCCC(OC)C2)C1O. The van der Waals surface area contributed by atoms with Gasteiger partial charge in [-0.3, -0.25) is 0 Å². The molecule has 0 radical (unpaired) electrons. The Bertz CT molecular complexity index is 639. The summed E-state index contributed by atoms with van der Waals surface area (Å²) in [6, 6.07) is 0. The van der Waals surface area contributed by atoms with Crippen molar-refractivity contribution in [2.75, 3.05) is 12.9 Å². The van der Waals surface area contributed by atoms with Crippen LogP contribution in [0.1, 0.15) is 84.5 Å². The number of aliphatic hydroxyl groups is 1. The zero-order valence-electron chi connectivity index (χ0n) is 18.5. The molecule has 3 rings (SSSR count). The van der Waals surface area contributed by atoms with Gasteiger partial charge in [0.25, 0.3) is 0 Å². The number of sulfone groups is 1. The number of methoxy groups -OCH3 is 1. The number of aliphatic hydroxyl groups excluding tert-OH is 1. The van der Waals surface area contributed by atoms with Crippen LogP contribution in [0.25, 0.3) is 0 Å². The molecular weight excluding hydrogens is 391 g/mol. The van der Waals surface area contributed by atoms with Crippen LogP contribution in [-0.2, 0) is 14.6 Å². The van der Waals surface area contributed by atoms with Gasteiger partial charge in [-0.1, -0.05) is 33.1 Å². The lowest BCUT2D eigenvalue weighted by molar-refractivity contribution is -0.0800. The lowest BCUT2D eigenvalue weighted by Crippen LogP contribution is -2.49. The summed E-state index contributed by atoms with van der Waals surface area (Å²) in [6.07, 6.45) is 6.72. The molecular formula is C23H41FO4S. The maximum Gasteiger partial charge on any atom is 0.154 e. The summed E-state index contributed by atoms with van der Waals surface area (Å²) < 4.78 is 47.2. The van der Waals surface area contributed by atoms with E-state index in [0.29, 0.717) is 19.3 Å². The van der Waals surface area contributed by atoms with E-state index in [1.165, 1.54) is 0 Å². The van der Waals surface area contributed by atoms with Crippen LogP contribution in [0.2, 0.25) is 0 Å². The van der Waals surface area contributed by atoms with Gasteiger partial charge in [-0.2, -0.15) is 0 Å². The van der Waals surface area contributed by atoms with Crippen LogP contribution in [0.5, 0.6) is 0 Å². The second-order valence-corrected chi connectivity index (χ2v) is 12.3. The van der Waals surface area contributed by atoms with Crippen molar-refractivity contribution in [2.24, 2.45) is 23.2 Å². The van der Waals surface area contributed by atoms with Gasteiger partial charge in [0.1, 0.15) is 6.17 Å². The number of alkyl halides is 1. The summed E-state index contributed by atoms with van der Waals surface area (Å²) in [6.45, 7) is 4.13. The molecule has 0 amide bonds. The second-order valence-electron chi connectivity index (χ2n) is 10.0. The molecule has 0 aromatic rings. The summed E-state index contributed by atoms with van der Waals surface area (Å²) in [5.74, 6) is -0.144. The van der Waals surface area contributed by atoms with Gasteiger partial charge in [-0.05, 0) is 69.1 Å². The van der Waals surface area contributed by atoms with Gasteiger partial charge >= 0.3 is 0 Å². The van der Waals surface area contributed by atoms with Crippen molar-refractivity contribution in [1.29, 1.82) is 0 Å². The third-order valence-corrected chi connectivity index (χ3v) is 11.0. The largest absolute Gasteiger partial charge is 0.392 e. The molecule has 2 saturated carbocycles. The van der Waals surface area contributed by atoms with Crippen molar-refractivity contribution in [3.05, 3.63) is 0 Å². The molecule has 170 valence electrons. The van der Waals surface area contributed by atoms with Crippen LogP contribution in [0.4, 0.5) is 4.39 Å². The molecule has 0 aromatic heterocycles. The van der Waals surface area contributed by atoms with E-state index >= 15 is 0 Å². The normalized spacial score (nSPS) is 45.3. The van der Waals surface area contributed by atoms with Gasteiger partial charge in [0.2, 0.25) is 0 Å². The summed E-state index contributed by atoms with van der Waals surface area (Å²) in [4.78, 5) is 0. The first-order valence-corrected chi connectivity index (χ1v) is 13.6. The van der Waals surface area contributed by atoms with E-state index in [2.05, 4.69) is 6.92 Å². The molecule has 1 N–H and O–H groups in total. The standard InChI is InChI=1S/C23H41FO4S/c1-4-6-12-23(5-2)15-29(26,27)20-11-10-17(24)14-19(20)21(22(23)25)16-8-7-9-18(13-16)28-3/h16-22,25H,4-15H2,1-3H3/t16?,17?,18?,19?,20?,21?,22?,23-/m1/s1. The fourth-order valence-corrected chi connectivity index (χ4v) is 9.65. The van der Waals surface area contributed by atoms with Crippen LogP contribution < -0.4 is 0 Å². The summed E-state index contributed by atoms with van der Waals surface area (Å²) in [5.41, 5.74) is -0.608. The van der Waals surface area contributed by atoms with E-state index in [4.69, 9.17) is 4.74 Å². The molecule has 8 atom stereocenters.